The third-order valence-corrected chi connectivity index (χ3v) is 6.18. The fourth-order valence-corrected chi connectivity index (χ4v) is 4.58. The first-order valence-corrected chi connectivity index (χ1v) is 11.0. The number of amides is 2. The molecule has 0 radical (unpaired) electrons. The van der Waals surface area contributed by atoms with Crippen LogP contribution in [0.5, 0.6) is 0 Å². The molecule has 0 aromatic heterocycles. The number of benzene rings is 2. The maximum absolute atomic E-state index is 13.3. The van der Waals surface area contributed by atoms with Crippen LogP contribution in [0, 0.1) is 11.7 Å². The minimum atomic E-state index is -0.264. The quantitative estimate of drug-likeness (QED) is 0.506. The van der Waals surface area contributed by atoms with E-state index >= 15 is 0 Å². The van der Waals surface area contributed by atoms with Crippen LogP contribution in [-0.4, -0.2) is 47.9 Å². The fourth-order valence-electron chi connectivity index (χ4n) is 4.40. The van der Waals surface area contributed by atoms with Crippen molar-refractivity contribution in [3.63, 3.8) is 0 Å². The second-order valence-corrected chi connectivity index (χ2v) is 8.63. The van der Waals surface area contributed by atoms with Crippen LogP contribution in [0.3, 0.4) is 0 Å². The molecule has 2 aromatic carbocycles. The summed E-state index contributed by atoms with van der Waals surface area (Å²) in [5, 5.41) is 3.23. The average molecular weight is 470 g/mol. The van der Waals surface area contributed by atoms with E-state index in [0.29, 0.717) is 35.9 Å². The predicted octanol–water partition coefficient (Wildman–Crippen LogP) is 4.28. The summed E-state index contributed by atoms with van der Waals surface area (Å²) in [5.41, 5.74) is 3.28. The predicted molar refractivity (Wildman–Crippen MR) is 126 cm³/mol. The van der Waals surface area contributed by atoms with E-state index in [1.54, 1.807) is 49.8 Å². The van der Waals surface area contributed by atoms with E-state index < -0.39 is 0 Å². The Hall–Kier alpha value is -3.32. The minimum absolute atomic E-state index is 0.105. The molecule has 2 aliphatic heterocycles. The van der Waals surface area contributed by atoms with Crippen molar-refractivity contribution in [2.45, 2.75) is 19.5 Å². The van der Waals surface area contributed by atoms with Crippen LogP contribution in [0.4, 0.5) is 10.1 Å². The lowest BCUT2D eigenvalue weighted by Crippen LogP contribution is -2.52. The van der Waals surface area contributed by atoms with Gasteiger partial charge in [0.25, 0.3) is 0 Å². The fraction of sp³-hybridized carbons (Fsp3) is 0.280. The molecule has 2 fully saturated rings. The molecule has 4 rings (SSSR count). The molecule has 2 unspecified atom stereocenters. The number of carbonyl (C=O) groups is 2. The number of halogens is 2. The van der Waals surface area contributed by atoms with Gasteiger partial charge in [0.15, 0.2) is 0 Å². The SMILES string of the molecule is CO/C=C1\C2CN(C(=O)/C=C/c3ccc(Cl)cc3NC(C)=O)CC2N1Cc1ccc(F)cc1. The minimum Gasteiger partial charge on any atom is -0.503 e. The summed E-state index contributed by atoms with van der Waals surface area (Å²) >= 11 is 6.04. The lowest BCUT2D eigenvalue weighted by atomic mass is 9.87. The van der Waals surface area contributed by atoms with Crippen molar-refractivity contribution in [2.75, 3.05) is 25.5 Å². The number of anilines is 1. The van der Waals surface area contributed by atoms with E-state index in [4.69, 9.17) is 16.3 Å². The lowest BCUT2D eigenvalue weighted by molar-refractivity contribution is -0.125. The zero-order valence-electron chi connectivity index (χ0n) is 18.4. The first kappa shape index (κ1) is 22.9. The van der Waals surface area contributed by atoms with Gasteiger partial charge in [-0.2, -0.15) is 0 Å². The number of rotatable bonds is 6. The van der Waals surface area contributed by atoms with Gasteiger partial charge in [0.05, 0.1) is 18.8 Å². The van der Waals surface area contributed by atoms with Crippen molar-refractivity contribution >= 4 is 35.2 Å². The highest BCUT2D eigenvalue weighted by molar-refractivity contribution is 6.31. The molecule has 0 spiro atoms. The Morgan fingerprint density at radius 3 is 2.67 bits per heavy atom. The van der Waals surface area contributed by atoms with Gasteiger partial charge in [0, 0.05) is 49.3 Å². The van der Waals surface area contributed by atoms with Crippen molar-refractivity contribution in [3.8, 4) is 0 Å². The van der Waals surface area contributed by atoms with Gasteiger partial charge in [0.2, 0.25) is 11.8 Å². The molecule has 2 aromatic rings. The smallest absolute Gasteiger partial charge is 0.246 e. The third-order valence-electron chi connectivity index (χ3n) is 5.95. The number of likely N-dealkylation sites (tertiary alicyclic amines) is 2. The van der Waals surface area contributed by atoms with E-state index in [0.717, 1.165) is 11.3 Å². The Morgan fingerprint density at radius 2 is 1.97 bits per heavy atom. The molecule has 172 valence electrons. The molecule has 2 heterocycles. The molecule has 1 N–H and O–H groups in total. The van der Waals surface area contributed by atoms with Gasteiger partial charge in [0.1, 0.15) is 12.1 Å². The van der Waals surface area contributed by atoms with Crippen LogP contribution in [0.2, 0.25) is 5.02 Å². The van der Waals surface area contributed by atoms with Gasteiger partial charge in [-0.1, -0.05) is 29.8 Å². The van der Waals surface area contributed by atoms with Crippen LogP contribution in [0.1, 0.15) is 18.1 Å². The van der Waals surface area contributed by atoms with Gasteiger partial charge < -0.3 is 19.9 Å². The van der Waals surface area contributed by atoms with Crippen LogP contribution in [-0.2, 0) is 20.9 Å². The van der Waals surface area contributed by atoms with E-state index in [1.165, 1.54) is 25.1 Å². The second-order valence-electron chi connectivity index (χ2n) is 8.20. The topological polar surface area (TPSA) is 61.9 Å². The van der Waals surface area contributed by atoms with E-state index in [1.807, 2.05) is 4.90 Å². The summed E-state index contributed by atoms with van der Waals surface area (Å²) in [4.78, 5) is 28.4. The number of nitrogens with zero attached hydrogens (tertiary/aromatic N) is 2. The highest BCUT2D eigenvalue weighted by atomic mass is 35.5. The third kappa shape index (κ3) is 5.03. The number of methoxy groups -OCH3 is 1. The zero-order valence-corrected chi connectivity index (χ0v) is 19.2. The highest BCUT2D eigenvalue weighted by Crippen LogP contribution is 2.42. The van der Waals surface area contributed by atoms with Crippen LogP contribution < -0.4 is 5.32 Å². The van der Waals surface area contributed by atoms with Crippen molar-refractivity contribution in [3.05, 3.63) is 82.5 Å². The van der Waals surface area contributed by atoms with Gasteiger partial charge >= 0.3 is 0 Å². The van der Waals surface area contributed by atoms with Crippen molar-refractivity contribution in [2.24, 2.45) is 5.92 Å². The first-order chi connectivity index (χ1) is 15.9. The van der Waals surface area contributed by atoms with Gasteiger partial charge in [-0.3, -0.25) is 9.59 Å². The summed E-state index contributed by atoms with van der Waals surface area (Å²) in [6, 6.07) is 11.7. The zero-order chi connectivity index (χ0) is 23.5. The molecule has 0 aliphatic carbocycles. The molecule has 8 heteroatoms. The normalized spacial score (nSPS) is 20.7. The highest BCUT2D eigenvalue weighted by Gasteiger charge is 2.50. The van der Waals surface area contributed by atoms with Gasteiger partial charge in [-0.25, -0.2) is 4.39 Å². The molecule has 33 heavy (non-hydrogen) atoms. The first-order valence-electron chi connectivity index (χ1n) is 10.6. The Morgan fingerprint density at radius 1 is 1.21 bits per heavy atom. The Labute approximate surface area is 197 Å². The Bertz CT molecular complexity index is 1120. The van der Waals surface area contributed by atoms with Crippen LogP contribution >= 0.6 is 11.6 Å². The van der Waals surface area contributed by atoms with Gasteiger partial charge in [-0.05, 0) is 41.5 Å². The number of carbonyl (C=O) groups excluding carboxylic acids is 2. The second kappa shape index (κ2) is 9.67. The summed E-state index contributed by atoms with van der Waals surface area (Å²) in [6.07, 6.45) is 4.93. The monoisotopic (exact) mass is 469 g/mol. The molecule has 2 saturated heterocycles. The summed E-state index contributed by atoms with van der Waals surface area (Å²) < 4.78 is 18.5. The molecule has 0 bridgehead atoms. The number of ether oxygens (including phenoxy) is 1. The van der Waals surface area contributed by atoms with Crippen LogP contribution in [0.15, 0.2) is 60.5 Å². The number of fused-ring (bicyclic) bond motifs is 1. The van der Waals surface area contributed by atoms with Crippen molar-refractivity contribution < 1.29 is 18.7 Å². The summed E-state index contributed by atoms with van der Waals surface area (Å²) in [7, 11) is 1.61. The Balaban J connectivity index is 1.45. The number of nitrogens with one attached hydrogen (secondary N) is 1. The molecule has 2 aliphatic rings. The van der Waals surface area contributed by atoms with Gasteiger partial charge in [-0.15, -0.1) is 0 Å². The number of hydrogen-bond acceptors (Lipinski definition) is 4. The van der Waals surface area contributed by atoms with E-state index in [-0.39, 0.29) is 29.6 Å². The summed E-state index contributed by atoms with van der Waals surface area (Å²) in [6.45, 7) is 3.24. The molecule has 2 amide bonds. The molecule has 0 saturated carbocycles. The van der Waals surface area contributed by atoms with Crippen molar-refractivity contribution in [1.29, 1.82) is 0 Å². The average Bonchev–Trinajstić information content (AvgIpc) is 3.16. The van der Waals surface area contributed by atoms with Crippen molar-refractivity contribution in [1.82, 2.24) is 9.80 Å². The standard InChI is InChI=1S/C25H25ClFN3O3/c1-16(31)28-22-11-19(26)7-5-18(22)6-10-25(32)29-13-21-23(14-29)30(24(21)15-33-2)12-17-3-8-20(27)9-4-17/h3-11,15,21,23H,12-14H2,1-2H3,(H,28,31)/b10-6+,24-15+. The van der Waals surface area contributed by atoms with E-state index in [9.17, 15) is 14.0 Å². The molecule has 2 atom stereocenters. The largest absolute Gasteiger partial charge is 0.503 e. The summed E-state index contributed by atoms with van der Waals surface area (Å²) in [5.74, 6) is -0.382. The maximum Gasteiger partial charge on any atom is 0.246 e. The lowest BCUT2D eigenvalue weighted by Gasteiger charge is -2.47. The van der Waals surface area contributed by atoms with Crippen LogP contribution in [0.25, 0.3) is 6.08 Å². The van der Waals surface area contributed by atoms with E-state index in [2.05, 4.69) is 10.2 Å². The number of hydrogen-bond donors (Lipinski definition) is 1. The Kier molecular flexibility index (Phi) is 6.70. The molecule has 6 nitrogen and oxygen atoms in total. The molecular weight excluding hydrogens is 445 g/mol. The maximum atomic E-state index is 13.3. The molecular formula is C25H25ClFN3O3.